The summed E-state index contributed by atoms with van der Waals surface area (Å²) in [5, 5.41) is 3.00. The second-order valence-electron chi connectivity index (χ2n) is 5.16. The third-order valence-electron chi connectivity index (χ3n) is 3.94. The van der Waals surface area contributed by atoms with Crippen LogP contribution in [0.3, 0.4) is 0 Å². The summed E-state index contributed by atoms with van der Waals surface area (Å²) in [4.78, 5) is 13.5. The van der Waals surface area contributed by atoms with Gasteiger partial charge in [-0.3, -0.25) is 0 Å². The Balaban J connectivity index is 1.59. The van der Waals surface area contributed by atoms with E-state index in [2.05, 4.69) is 5.32 Å². The van der Waals surface area contributed by atoms with Gasteiger partial charge in [0.25, 0.3) is 0 Å². The molecule has 0 aromatic heterocycles. The van der Waals surface area contributed by atoms with E-state index in [1.807, 2.05) is 30.3 Å². The normalized spacial score (nSPS) is 29.3. The number of nitrogens with one attached hydrogen (secondary N) is 1. The van der Waals surface area contributed by atoms with Gasteiger partial charge in [-0.15, -0.1) is 0 Å². The standard InChI is InChI=1S/C14H17FN2O2/c15-14-6-7-17(12(14)8-16-10-14)13(18)19-9-11-4-2-1-3-5-11/h1-5,12,16H,6-10H2. The highest BCUT2D eigenvalue weighted by atomic mass is 19.1. The molecule has 1 N–H and O–H groups in total. The van der Waals surface area contributed by atoms with Crippen molar-refractivity contribution >= 4 is 6.09 Å². The van der Waals surface area contributed by atoms with Crippen molar-refractivity contribution in [3.05, 3.63) is 35.9 Å². The Kier molecular flexibility index (Phi) is 3.14. The summed E-state index contributed by atoms with van der Waals surface area (Å²) >= 11 is 0. The van der Waals surface area contributed by atoms with E-state index in [-0.39, 0.29) is 12.6 Å². The fraction of sp³-hybridized carbons (Fsp3) is 0.500. The molecule has 4 nitrogen and oxygen atoms in total. The predicted octanol–water partition coefficient (Wildman–Crippen LogP) is 1.71. The molecule has 2 fully saturated rings. The summed E-state index contributed by atoms with van der Waals surface area (Å²) in [5.41, 5.74) is -0.336. The van der Waals surface area contributed by atoms with Gasteiger partial charge >= 0.3 is 6.09 Å². The molecule has 1 aromatic rings. The molecule has 0 spiro atoms. The van der Waals surface area contributed by atoms with Crippen molar-refractivity contribution in [1.29, 1.82) is 0 Å². The van der Waals surface area contributed by atoms with Crippen LogP contribution in [0.2, 0.25) is 0 Å². The molecule has 2 saturated heterocycles. The lowest BCUT2D eigenvalue weighted by Crippen LogP contribution is -2.43. The zero-order valence-corrected chi connectivity index (χ0v) is 10.6. The summed E-state index contributed by atoms with van der Waals surface area (Å²) in [6.07, 6.45) is -0.0254. The van der Waals surface area contributed by atoms with Gasteiger partial charge < -0.3 is 15.0 Å². The Bertz CT molecular complexity index is 468. The molecular formula is C14H17FN2O2. The molecule has 2 aliphatic rings. The fourth-order valence-corrected chi connectivity index (χ4v) is 2.84. The molecule has 0 aliphatic carbocycles. The number of hydrogen-bond acceptors (Lipinski definition) is 3. The van der Waals surface area contributed by atoms with E-state index in [0.29, 0.717) is 26.1 Å². The first-order chi connectivity index (χ1) is 9.19. The minimum Gasteiger partial charge on any atom is -0.445 e. The molecule has 3 rings (SSSR count). The Morgan fingerprint density at radius 1 is 1.47 bits per heavy atom. The summed E-state index contributed by atoms with van der Waals surface area (Å²) in [6.45, 7) is 1.52. The molecule has 0 radical (unpaired) electrons. The predicted molar refractivity (Wildman–Crippen MR) is 68.4 cm³/mol. The highest BCUT2D eigenvalue weighted by Crippen LogP contribution is 2.35. The van der Waals surface area contributed by atoms with E-state index in [4.69, 9.17) is 4.74 Å². The van der Waals surface area contributed by atoms with Crippen LogP contribution in [0.15, 0.2) is 30.3 Å². The van der Waals surface area contributed by atoms with Crippen molar-refractivity contribution in [1.82, 2.24) is 10.2 Å². The molecule has 19 heavy (non-hydrogen) atoms. The minimum absolute atomic E-state index is 0.232. The number of carbonyl (C=O) groups is 1. The first-order valence-electron chi connectivity index (χ1n) is 6.56. The molecule has 1 amide bonds. The van der Waals surface area contributed by atoms with Crippen LogP contribution in [0.1, 0.15) is 12.0 Å². The third-order valence-corrected chi connectivity index (χ3v) is 3.94. The Morgan fingerprint density at radius 2 is 2.26 bits per heavy atom. The molecule has 102 valence electrons. The SMILES string of the molecule is O=C(OCc1ccccc1)N1CCC2(F)CNCC12. The minimum atomic E-state index is -1.27. The van der Waals surface area contributed by atoms with E-state index in [1.54, 1.807) is 0 Å². The molecule has 2 atom stereocenters. The largest absolute Gasteiger partial charge is 0.445 e. The maximum absolute atomic E-state index is 14.4. The van der Waals surface area contributed by atoms with Crippen LogP contribution in [0.5, 0.6) is 0 Å². The van der Waals surface area contributed by atoms with Crippen molar-refractivity contribution in [3.8, 4) is 0 Å². The Hall–Kier alpha value is -1.62. The van der Waals surface area contributed by atoms with Gasteiger partial charge in [0.1, 0.15) is 12.3 Å². The smallest absolute Gasteiger partial charge is 0.410 e. The van der Waals surface area contributed by atoms with Crippen molar-refractivity contribution < 1.29 is 13.9 Å². The monoisotopic (exact) mass is 264 g/mol. The number of benzene rings is 1. The Labute approximate surface area is 111 Å². The maximum Gasteiger partial charge on any atom is 0.410 e. The van der Waals surface area contributed by atoms with Gasteiger partial charge in [-0.05, 0) is 5.56 Å². The lowest BCUT2D eigenvalue weighted by Gasteiger charge is -2.24. The third kappa shape index (κ3) is 2.30. The topological polar surface area (TPSA) is 41.6 Å². The van der Waals surface area contributed by atoms with Crippen LogP contribution >= 0.6 is 0 Å². The van der Waals surface area contributed by atoms with Crippen molar-refractivity contribution in [2.45, 2.75) is 24.7 Å². The van der Waals surface area contributed by atoms with Gasteiger partial charge in [-0.1, -0.05) is 30.3 Å². The van der Waals surface area contributed by atoms with Crippen molar-refractivity contribution in [3.63, 3.8) is 0 Å². The van der Waals surface area contributed by atoms with Crippen LogP contribution in [0.4, 0.5) is 9.18 Å². The van der Waals surface area contributed by atoms with Crippen molar-refractivity contribution in [2.24, 2.45) is 0 Å². The number of nitrogens with zero attached hydrogens (tertiary/aromatic N) is 1. The van der Waals surface area contributed by atoms with E-state index >= 15 is 0 Å². The van der Waals surface area contributed by atoms with Crippen LogP contribution < -0.4 is 5.32 Å². The number of rotatable bonds is 2. The average Bonchev–Trinajstić information content (AvgIpc) is 2.94. The number of carbonyl (C=O) groups excluding carboxylic acids is 1. The number of fused-ring (bicyclic) bond motifs is 1. The van der Waals surface area contributed by atoms with Crippen molar-refractivity contribution in [2.75, 3.05) is 19.6 Å². The zero-order valence-electron chi connectivity index (χ0n) is 10.6. The van der Waals surface area contributed by atoms with Gasteiger partial charge in [0.2, 0.25) is 0 Å². The lowest BCUT2D eigenvalue weighted by molar-refractivity contribution is 0.0791. The van der Waals surface area contributed by atoms with E-state index in [1.165, 1.54) is 4.90 Å². The van der Waals surface area contributed by atoms with Crippen LogP contribution in [0, 0.1) is 0 Å². The van der Waals surface area contributed by atoms with E-state index in [9.17, 15) is 9.18 Å². The number of ether oxygens (including phenoxy) is 1. The highest BCUT2D eigenvalue weighted by molar-refractivity contribution is 5.69. The molecular weight excluding hydrogens is 247 g/mol. The molecule has 0 saturated carbocycles. The average molecular weight is 264 g/mol. The fourth-order valence-electron chi connectivity index (χ4n) is 2.84. The van der Waals surface area contributed by atoms with E-state index < -0.39 is 11.8 Å². The maximum atomic E-state index is 14.4. The number of halogens is 1. The summed E-state index contributed by atoms with van der Waals surface area (Å²) < 4.78 is 19.6. The quantitative estimate of drug-likeness (QED) is 0.884. The van der Waals surface area contributed by atoms with Crippen LogP contribution in [-0.4, -0.2) is 42.3 Å². The van der Waals surface area contributed by atoms with Gasteiger partial charge in [-0.25, -0.2) is 9.18 Å². The van der Waals surface area contributed by atoms with Gasteiger partial charge in [-0.2, -0.15) is 0 Å². The van der Waals surface area contributed by atoms with E-state index in [0.717, 1.165) is 5.56 Å². The zero-order chi connectivity index (χ0) is 13.3. The van der Waals surface area contributed by atoms with Gasteiger partial charge in [0.15, 0.2) is 0 Å². The molecule has 2 aliphatic heterocycles. The lowest BCUT2D eigenvalue weighted by atomic mass is 10.0. The molecule has 5 heteroatoms. The second-order valence-corrected chi connectivity index (χ2v) is 5.16. The molecule has 2 unspecified atom stereocenters. The Morgan fingerprint density at radius 3 is 3.05 bits per heavy atom. The summed E-state index contributed by atoms with van der Waals surface area (Å²) in [6, 6.07) is 9.12. The van der Waals surface area contributed by atoms with Crippen LogP contribution in [0.25, 0.3) is 0 Å². The number of likely N-dealkylation sites (tertiary alicyclic amines) is 1. The highest BCUT2D eigenvalue weighted by Gasteiger charge is 2.53. The number of alkyl halides is 1. The molecule has 2 heterocycles. The van der Waals surface area contributed by atoms with Gasteiger partial charge in [0.05, 0.1) is 6.04 Å². The number of amides is 1. The second kappa shape index (κ2) is 4.81. The molecule has 0 bridgehead atoms. The van der Waals surface area contributed by atoms with Crippen LogP contribution in [-0.2, 0) is 11.3 Å². The first-order valence-corrected chi connectivity index (χ1v) is 6.56. The number of hydrogen-bond donors (Lipinski definition) is 1. The first kappa shape index (κ1) is 12.4. The summed E-state index contributed by atoms with van der Waals surface area (Å²) in [7, 11) is 0. The molecule has 1 aromatic carbocycles. The summed E-state index contributed by atoms with van der Waals surface area (Å²) in [5.74, 6) is 0. The van der Waals surface area contributed by atoms with Gasteiger partial charge in [0, 0.05) is 26.1 Å².